The van der Waals surface area contributed by atoms with Gasteiger partial charge in [-0.2, -0.15) is 0 Å². The van der Waals surface area contributed by atoms with Gasteiger partial charge in [-0.3, -0.25) is 4.79 Å². The smallest absolute Gasteiger partial charge is 0.237 e. The molecule has 1 heterocycles. The van der Waals surface area contributed by atoms with Crippen molar-refractivity contribution in [3.8, 4) is 0 Å². The molecule has 5 heteroatoms. The van der Waals surface area contributed by atoms with E-state index in [2.05, 4.69) is 16.8 Å². The molecule has 0 aromatic carbocycles. The number of primary amides is 1. The van der Waals surface area contributed by atoms with Crippen LogP contribution in [0, 0.1) is 0 Å². The lowest BCUT2D eigenvalue weighted by Crippen LogP contribution is -2.51. The molecule has 0 aromatic rings. The highest BCUT2D eigenvalue weighted by atomic mass is 16.1. The molecular formula is C11H24N4O. The Morgan fingerprint density at radius 2 is 2.00 bits per heavy atom. The molecule has 0 saturated carbocycles. The summed E-state index contributed by atoms with van der Waals surface area (Å²) in [7, 11) is 2.14. The van der Waals surface area contributed by atoms with Crippen molar-refractivity contribution in [1.82, 2.24) is 9.80 Å². The first-order valence-corrected chi connectivity index (χ1v) is 5.91. The molecule has 1 fully saturated rings. The first kappa shape index (κ1) is 13.4. The van der Waals surface area contributed by atoms with Crippen LogP contribution in [0.4, 0.5) is 0 Å². The molecule has 5 nitrogen and oxygen atoms in total. The van der Waals surface area contributed by atoms with Gasteiger partial charge in [-0.05, 0) is 39.9 Å². The van der Waals surface area contributed by atoms with E-state index >= 15 is 0 Å². The molecule has 1 atom stereocenters. The van der Waals surface area contributed by atoms with Gasteiger partial charge < -0.3 is 21.3 Å². The molecule has 0 radical (unpaired) electrons. The first-order valence-electron chi connectivity index (χ1n) is 5.91. The lowest BCUT2D eigenvalue weighted by molar-refractivity contribution is -0.122. The van der Waals surface area contributed by atoms with Crippen molar-refractivity contribution in [3.63, 3.8) is 0 Å². The number of likely N-dealkylation sites (N-methyl/N-ethyl adjacent to an activating group) is 1. The Balaban J connectivity index is 2.34. The van der Waals surface area contributed by atoms with Gasteiger partial charge in [-0.1, -0.05) is 0 Å². The second-order valence-corrected chi connectivity index (χ2v) is 5.03. The molecule has 1 amide bonds. The second-order valence-electron chi connectivity index (χ2n) is 5.03. The molecule has 94 valence electrons. The highest BCUT2D eigenvalue weighted by Crippen LogP contribution is 2.08. The summed E-state index contributed by atoms with van der Waals surface area (Å²) >= 11 is 0. The molecule has 0 spiro atoms. The molecular weight excluding hydrogens is 204 g/mol. The zero-order valence-corrected chi connectivity index (χ0v) is 10.4. The Bertz CT molecular complexity index is 242. The van der Waals surface area contributed by atoms with Crippen LogP contribution < -0.4 is 11.5 Å². The van der Waals surface area contributed by atoms with Crippen LogP contribution in [0.25, 0.3) is 0 Å². The Labute approximate surface area is 97.7 Å². The van der Waals surface area contributed by atoms with E-state index < -0.39 is 11.4 Å². The average molecular weight is 228 g/mol. The molecule has 0 aromatic heterocycles. The van der Waals surface area contributed by atoms with Crippen LogP contribution >= 0.6 is 0 Å². The maximum Gasteiger partial charge on any atom is 0.237 e. The number of carbonyl (C=O) groups is 1. The van der Waals surface area contributed by atoms with E-state index in [1.165, 1.54) is 6.42 Å². The van der Waals surface area contributed by atoms with E-state index in [0.29, 0.717) is 6.42 Å². The summed E-state index contributed by atoms with van der Waals surface area (Å²) in [5.41, 5.74) is 10.2. The monoisotopic (exact) mass is 228 g/mol. The van der Waals surface area contributed by atoms with Crippen molar-refractivity contribution in [1.29, 1.82) is 0 Å². The number of hydrogen-bond donors (Lipinski definition) is 2. The highest BCUT2D eigenvalue weighted by Gasteiger charge is 2.26. The number of nitrogens with two attached hydrogens (primary N) is 2. The zero-order chi connectivity index (χ0) is 12.2. The van der Waals surface area contributed by atoms with Crippen LogP contribution in [0.3, 0.4) is 0 Å². The molecule has 1 unspecified atom stereocenters. The summed E-state index contributed by atoms with van der Waals surface area (Å²) in [6.07, 6.45) is 1.81. The Morgan fingerprint density at radius 1 is 1.31 bits per heavy atom. The number of nitrogens with zero attached hydrogens (tertiary/aromatic N) is 2. The standard InChI is InChI=1S/C11H24N4O/c1-11(13,10(12)16)4-7-15-6-3-5-14(2)8-9-15/h3-9,13H2,1-2H3,(H2,12,16). The molecule has 1 saturated heterocycles. The van der Waals surface area contributed by atoms with E-state index in [0.717, 1.165) is 32.7 Å². The van der Waals surface area contributed by atoms with Crippen LogP contribution in [0.2, 0.25) is 0 Å². The maximum absolute atomic E-state index is 11.1. The van der Waals surface area contributed by atoms with Gasteiger partial charge in [0, 0.05) is 19.6 Å². The third-order valence-corrected chi connectivity index (χ3v) is 3.32. The molecule has 1 rings (SSSR count). The van der Waals surface area contributed by atoms with Gasteiger partial charge in [0.25, 0.3) is 0 Å². The quantitative estimate of drug-likeness (QED) is 0.661. The summed E-state index contributed by atoms with van der Waals surface area (Å²) in [5.74, 6) is -0.417. The van der Waals surface area contributed by atoms with E-state index in [4.69, 9.17) is 11.5 Å². The van der Waals surface area contributed by atoms with E-state index in [-0.39, 0.29) is 0 Å². The minimum absolute atomic E-state index is 0.417. The fraction of sp³-hybridized carbons (Fsp3) is 0.909. The van der Waals surface area contributed by atoms with Crippen molar-refractivity contribution in [2.24, 2.45) is 11.5 Å². The van der Waals surface area contributed by atoms with Crippen molar-refractivity contribution < 1.29 is 4.79 Å². The SMILES string of the molecule is CN1CCCN(CCC(C)(N)C(N)=O)CC1. The fourth-order valence-corrected chi connectivity index (χ4v) is 1.84. The van der Waals surface area contributed by atoms with Crippen molar-refractivity contribution in [3.05, 3.63) is 0 Å². The topological polar surface area (TPSA) is 75.6 Å². The second kappa shape index (κ2) is 5.61. The van der Waals surface area contributed by atoms with Gasteiger partial charge in [0.2, 0.25) is 5.91 Å². The van der Waals surface area contributed by atoms with E-state index in [1.54, 1.807) is 6.92 Å². The molecule has 16 heavy (non-hydrogen) atoms. The Hall–Kier alpha value is -0.650. The molecule has 0 aliphatic carbocycles. The van der Waals surface area contributed by atoms with Gasteiger partial charge in [-0.15, -0.1) is 0 Å². The predicted molar refractivity (Wildman–Crippen MR) is 65.0 cm³/mol. The van der Waals surface area contributed by atoms with Crippen molar-refractivity contribution in [2.75, 3.05) is 39.8 Å². The Kier molecular flexibility index (Phi) is 4.70. The summed E-state index contributed by atoms with van der Waals surface area (Å²) in [6, 6.07) is 0. The minimum atomic E-state index is -0.877. The van der Waals surface area contributed by atoms with Crippen molar-refractivity contribution in [2.45, 2.75) is 25.3 Å². The third-order valence-electron chi connectivity index (χ3n) is 3.32. The van der Waals surface area contributed by atoms with Gasteiger partial charge >= 0.3 is 0 Å². The molecule has 4 N–H and O–H groups in total. The largest absolute Gasteiger partial charge is 0.368 e. The third kappa shape index (κ3) is 4.08. The van der Waals surface area contributed by atoms with Crippen LogP contribution in [0.15, 0.2) is 0 Å². The summed E-state index contributed by atoms with van der Waals surface area (Å²) < 4.78 is 0. The van der Waals surface area contributed by atoms with Crippen molar-refractivity contribution >= 4 is 5.91 Å². The average Bonchev–Trinajstić information content (AvgIpc) is 2.40. The summed E-state index contributed by atoms with van der Waals surface area (Å²) in [4.78, 5) is 15.8. The predicted octanol–water partition coefficient (Wildman–Crippen LogP) is -0.783. The molecule has 0 bridgehead atoms. The van der Waals surface area contributed by atoms with Gasteiger partial charge in [-0.25, -0.2) is 0 Å². The van der Waals surface area contributed by atoms with Crippen LogP contribution in [0.5, 0.6) is 0 Å². The lowest BCUT2D eigenvalue weighted by atomic mass is 9.98. The normalized spacial score (nSPS) is 23.7. The highest BCUT2D eigenvalue weighted by molar-refractivity contribution is 5.83. The first-order chi connectivity index (χ1) is 7.42. The lowest BCUT2D eigenvalue weighted by Gasteiger charge is -2.26. The maximum atomic E-state index is 11.1. The fourth-order valence-electron chi connectivity index (χ4n) is 1.84. The molecule has 1 aliphatic heterocycles. The van der Waals surface area contributed by atoms with Gasteiger partial charge in [0.1, 0.15) is 0 Å². The van der Waals surface area contributed by atoms with Crippen LogP contribution in [0.1, 0.15) is 19.8 Å². The Morgan fingerprint density at radius 3 is 2.62 bits per heavy atom. The van der Waals surface area contributed by atoms with E-state index in [1.807, 2.05) is 0 Å². The minimum Gasteiger partial charge on any atom is -0.368 e. The summed E-state index contributed by atoms with van der Waals surface area (Å²) in [6.45, 7) is 6.91. The van der Waals surface area contributed by atoms with Crippen LogP contribution in [-0.4, -0.2) is 61.0 Å². The van der Waals surface area contributed by atoms with Gasteiger partial charge in [0.05, 0.1) is 5.54 Å². The number of hydrogen-bond acceptors (Lipinski definition) is 4. The van der Waals surface area contributed by atoms with E-state index in [9.17, 15) is 4.79 Å². The zero-order valence-electron chi connectivity index (χ0n) is 10.4. The molecule has 1 aliphatic rings. The number of carbonyl (C=O) groups excluding carboxylic acids is 1. The number of rotatable bonds is 4. The van der Waals surface area contributed by atoms with Crippen LogP contribution in [-0.2, 0) is 4.79 Å². The summed E-state index contributed by atoms with van der Waals surface area (Å²) in [5, 5.41) is 0. The van der Waals surface area contributed by atoms with Gasteiger partial charge in [0.15, 0.2) is 0 Å². The number of amides is 1.